The molecular formula is C12H24S. The monoisotopic (exact) mass is 200 g/mol. The van der Waals surface area contributed by atoms with E-state index < -0.39 is 0 Å². The third kappa shape index (κ3) is 2.65. The summed E-state index contributed by atoms with van der Waals surface area (Å²) in [5.41, 5.74) is 0. The summed E-state index contributed by atoms with van der Waals surface area (Å²) in [5, 5.41) is 1.06. The molecule has 0 radical (unpaired) electrons. The number of fused-ring (bicyclic) bond motifs is 1. The smallest absolute Gasteiger partial charge is 0.00783 e. The maximum Gasteiger partial charge on any atom is 0.00783 e. The summed E-state index contributed by atoms with van der Waals surface area (Å²) in [5.74, 6) is 3.65. The van der Waals surface area contributed by atoms with Gasteiger partial charge in [-0.15, -0.1) is 0 Å². The third-order valence-electron chi connectivity index (χ3n) is 3.41. The van der Waals surface area contributed by atoms with Gasteiger partial charge in [0.25, 0.3) is 0 Å². The average Bonchev–Trinajstić information content (AvgIpc) is 2.64. The summed E-state index contributed by atoms with van der Waals surface area (Å²) in [4.78, 5) is 0. The van der Waals surface area contributed by atoms with Crippen molar-refractivity contribution in [1.82, 2.24) is 0 Å². The minimum Gasteiger partial charge on any atom is -0.158 e. The van der Waals surface area contributed by atoms with Crippen molar-refractivity contribution < 1.29 is 0 Å². The van der Waals surface area contributed by atoms with E-state index in [1.54, 1.807) is 0 Å². The van der Waals surface area contributed by atoms with E-state index in [0.29, 0.717) is 0 Å². The van der Waals surface area contributed by atoms with E-state index in [-0.39, 0.29) is 0 Å². The van der Waals surface area contributed by atoms with E-state index in [0.717, 1.165) is 17.1 Å². The summed E-state index contributed by atoms with van der Waals surface area (Å²) in [6.07, 6.45) is 7.50. The Morgan fingerprint density at radius 3 is 2.54 bits per heavy atom. The Hall–Kier alpha value is 0.350. The fourth-order valence-corrected chi connectivity index (χ4v) is 4.58. The summed E-state index contributed by atoms with van der Waals surface area (Å²) in [6.45, 7) is 6.36. The second-order valence-electron chi connectivity index (χ2n) is 3.99. The quantitative estimate of drug-likeness (QED) is 0.606. The minimum absolute atomic E-state index is 1.06. The molecule has 1 saturated carbocycles. The minimum atomic E-state index is 1.06. The van der Waals surface area contributed by atoms with Crippen LogP contribution in [0.5, 0.6) is 0 Å². The largest absolute Gasteiger partial charge is 0.158 e. The van der Waals surface area contributed by atoms with Crippen molar-refractivity contribution in [3.8, 4) is 0 Å². The zero-order valence-corrected chi connectivity index (χ0v) is 10.2. The van der Waals surface area contributed by atoms with E-state index in [1.807, 2.05) is 13.8 Å². The molecule has 78 valence electrons. The van der Waals surface area contributed by atoms with Crippen LogP contribution < -0.4 is 0 Å². The van der Waals surface area contributed by atoms with Crippen molar-refractivity contribution in [2.75, 3.05) is 5.75 Å². The normalized spacial score (nSPS) is 37.6. The molecule has 1 aliphatic carbocycles. The second kappa shape index (κ2) is 5.95. The van der Waals surface area contributed by atoms with Gasteiger partial charge < -0.3 is 0 Å². The van der Waals surface area contributed by atoms with Crippen LogP contribution in [0.1, 0.15) is 52.9 Å². The zero-order valence-electron chi connectivity index (χ0n) is 9.38. The lowest BCUT2D eigenvalue weighted by Gasteiger charge is -2.27. The third-order valence-corrected chi connectivity index (χ3v) is 5.04. The Kier molecular flexibility index (Phi) is 5.23. The molecule has 0 nitrogen and oxygen atoms in total. The van der Waals surface area contributed by atoms with Gasteiger partial charge in [0.2, 0.25) is 0 Å². The zero-order chi connectivity index (χ0) is 9.68. The van der Waals surface area contributed by atoms with Crippen LogP contribution in [0, 0.1) is 11.8 Å². The SMILES string of the molecule is CC.CCC1CSC2CCCCC12. The Morgan fingerprint density at radius 1 is 1.15 bits per heavy atom. The lowest BCUT2D eigenvalue weighted by atomic mass is 9.80. The maximum atomic E-state index is 2.36. The van der Waals surface area contributed by atoms with Crippen LogP contribution in [0.2, 0.25) is 0 Å². The van der Waals surface area contributed by atoms with Crippen LogP contribution in [-0.2, 0) is 0 Å². The lowest BCUT2D eigenvalue weighted by Crippen LogP contribution is -2.22. The second-order valence-corrected chi connectivity index (χ2v) is 5.26. The van der Waals surface area contributed by atoms with Crippen molar-refractivity contribution >= 4 is 11.8 Å². The van der Waals surface area contributed by atoms with Crippen LogP contribution in [0.25, 0.3) is 0 Å². The van der Waals surface area contributed by atoms with Crippen LogP contribution in [0.4, 0.5) is 0 Å². The first-order valence-electron chi connectivity index (χ1n) is 6.03. The van der Waals surface area contributed by atoms with Crippen molar-refractivity contribution in [2.24, 2.45) is 11.8 Å². The molecule has 0 spiro atoms. The molecule has 1 aliphatic heterocycles. The fraction of sp³-hybridized carbons (Fsp3) is 1.00. The Morgan fingerprint density at radius 2 is 1.85 bits per heavy atom. The lowest BCUT2D eigenvalue weighted by molar-refractivity contribution is 0.289. The van der Waals surface area contributed by atoms with Gasteiger partial charge in [-0.25, -0.2) is 0 Å². The topological polar surface area (TPSA) is 0 Å². The highest BCUT2D eigenvalue weighted by molar-refractivity contribution is 8.00. The molecule has 1 saturated heterocycles. The van der Waals surface area contributed by atoms with Crippen LogP contribution in [0.15, 0.2) is 0 Å². The van der Waals surface area contributed by atoms with E-state index in [9.17, 15) is 0 Å². The number of thioether (sulfide) groups is 1. The average molecular weight is 200 g/mol. The molecule has 2 aliphatic rings. The molecule has 1 heteroatoms. The molecule has 3 atom stereocenters. The van der Waals surface area contributed by atoms with Gasteiger partial charge in [0.05, 0.1) is 0 Å². The van der Waals surface area contributed by atoms with Gasteiger partial charge in [-0.3, -0.25) is 0 Å². The molecule has 0 aromatic rings. The number of rotatable bonds is 1. The number of hydrogen-bond acceptors (Lipinski definition) is 1. The van der Waals surface area contributed by atoms with Crippen molar-refractivity contribution in [1.29, 1.82) is 0 Å². The molecule has 0 N–H and O–H groups in total. The van der Waals surface area contributed by atoms with Crippen LogP contribution >= 0.6 is 11.8 Å². The van der Waals surface area contributed by atoms with Crippen LogP contribution in [-0.4, -0.2) is 11.0 Å². The first kappa shape index (κ1) is 11.4. The fourth-order valence-electron chi connectivity index (χ4n) is 2.66. The van der Waals surface area contributed by atoms with E-state index >= 15 is 0 Å². The standard InChI is InChI=1S/C10H18S.C2H6/c1-2-8-7-11-10-6-4-3-5-9(8)10;1-2/h8-10H,2-7H2,1H3;1-2H3. The van der Waals surface area contributed by atoms with Crippen molar-refractivity contribution in [3.05, 3.63) is 0 Å². The maximum absolute atomic E-state index is 2.36. The van der Waals surface area contributed by atoms with E-state index in [4.69, 9.17) is 0 Å². The molecule has 0 aromatic heterocycles. The molecule has 2 rings (SSSR count). The Bertz CT molecular complexity index is 127. The summed E-state index contributed by atoms with van der Waals surface area (Å²) in [6, 6.07) is 0. The van der Waals surface area contributed by atoms with Gasteiger partial charge in [-0.2, -0.15) is 11.8 Å². The summed E-state index contributed by atoms with van der Waals surface area (Å²) >= 11 is 2.26. The van der Waals surface area contributed by atoms with Crippen molar-refractivity contribution in [3.63, 3.8) is 0 Å². The molecular weight excluding hydrogens is 176 g/mol. The Balaban J connectivity index is 0.000000396. The number of hydrogen-bond donors (Lipinski definition) is 0. The first-order chi connectivity index (χ1) is 6.42. The highest BCUT2D eigenvalue weighted by atomic mass is 32.2. The predicted octanol–water partition coefficient (Wildman–Crippen LogP) is 4.34. The molecule has 0 bridgehead atoms. The van der Waals surface area contributed by atoms with Gasteiger partial charge in [0, 0.05) is 5.25 Å². The van der Waals surface area contributed by atoms with Gasteiger partial charge in [0.1, 0.15) is 0 Å². The van der Waals surface area contributed by atoms with Gasteiger partial charge in [-0.1, -0.05) is 40.0 Å². The van der Waals surface area contributed by atoms with E-state index in [2.05, 4.69) is 18.7 Å². The molecule has 0 amide bonds. The van der Waals surface area contributed by atoms with Crippen LogP contribution in [0.3, 0.4) is 0 Å². The highest BCUT2D eigenvalue weighted by Crippen LogP contribution is 2.46. The first-order valence-corrected chi connectivity index (χ1v) is 7.08. The molecule has 0 aromatic carbocycles. The van der Waals surface area contributed by atoms with Crippen molar-refractivity contribution in [2.45, 2.75) is 58.1 Å². The van der Waals surface area contributed by atoms with E-state index in [1.165, 1.54) is 37.9 Å². The predicted molar refractivity (Wildman–Crippen MR) is 63.3 cm³/mol. The van der Waals surface area contributed by atoms with Gasteiger partial charge in [0.15, 0.2) is 0 Å². The summed E-state index contributed by atoms with van der Waals surface area (Å²) < 4.78 is 0. The molecule has 13 heavy (non-hydrogen) atoms. The Labute approximate surface area is 87.9 Å². The molecule has 2 fully saturated rings. The van der Waals surface area contributed by atoms with Gasteiger partial charge >= 0.3 is 0 Å². The summed E-state index contributed by atoms with van der Waals surface area (Å²) in [7, 11) is 0. The highest BCUT2D eigenvalue weighted by Gasteiger charge is 2.36. The van der Waals surface area contributed by atoms with Gasteiger partial charge in [-0.05, 0) is 30.4 Å². The molecule has 3 unspecified atom stereocenters. The molecule has 1 heterocycles.